The Balaban J connectivity index is 1.86. The summed E-state index contributed by atoms with van der Waals surface area (Å²) in [7, 11) is 0. The monoisotopic (exact) mass is 225 g/mol. The normalized spacial score (nSPS) is 18.5. The highest BCUT2D eigenvalue weighted by Gasteiger charge is 2.20. The third kappa shape index (κ3) is 2.16. The molecule has 0 saturated heterocycles. The van der Waals surface area contributed by atoms with E-state index in [2.05, 4.69) is 29.2 Å². The van der Waals surface area contributed by atoms with E-state index >= 15 is 0 Å². The minimum absolute atomic E-state index is 0.197. The van der Waals surface area contributed by atoms with E-state index in [1.165, 1.54) is 24.0 Å². The summed E-state index contributed by atoms with van der Waals surface area (Å²) in [5.74, 6) is 0.904. The second-order valence-corrected chi connectivity index (χ2v) is 4.38. The molecule has 1 heterocycles. The number of fused-ring (bicyclic) bond motifs is 1. The van der Waals surface area contributed by atoms with Crippen molar-refractivity contribution in [1.82, 2.24) is 4.98 Å². The largest absolute Gasteiger partial charge is 0.486 e. The van der Waals surface area contributed by atoms with E-state index in [4.69, 9.17) is 4.74 Å². The van der Waals surface area contributed by atoms with Crippen molar-refractivity contribution >= 4 is 0 Å². The molecule has 3 rings (SSSR count). The third-order valence-electron chi connectivity index (χ3n) is 3.24. The Morgan fingerprint density at radius 2 is 1.88 bits per heavy atom. The summed E-state index contributed by atoms with van der Waals surface area (Å²) in [6.45, 7) is 0. The van der Waals surface area contributed by atoms with Crippen LogP contribution in [0.2, 0.25) is 0 Å². The SMILES string of the molecule is c1ccc2c(c1)CCCC2Oc1ccncc1. The molecule has 2 nitrogen and oxygen atoms in total. The van der Waals surface area contributed by atoms with E-state index in [1.807, 2.05) is 12.1 Å². The van der Waals surface area contributed by atoms with Crippen molar-refractivity contribution < 1.29 is 4.74 Å². The molecule has 0 bridgehead atoms. The minimum Gasteiger partial charge on any atom is -0.486 e. The maximum absolute atomic E-state index is 6.04. The molecule has 17 heavy (non-hydrogen) atoms. The molecule has 0 fully saturated rings. The summed E-state index contributed by atoms with van der Waals surface area (Å²) in [4.78, 5) is 4.00. The van der Waals surface area contributed by atoms with Gasteiger partial charge in [0.25, 0.3) is 0 Å². The number of ether oxygens (including phenoxy) is 1. The lowest BCUT2D eigenvalue weighted by Gasteiger charge is -2.26. The lowest BCUT2D eigenvalue weighted by molar-refractivity contribution is 0.183. The number of rotatable bonds is 2. The highest BCUT2D eigenvalue weighted by Crippen LogP contribution is 2.33. The van der Waals surface area contributed by atoms with Gasteiger partial charge in [-0.15, -0.1) is 0 Å². The van der Waals surface area contributed by atoms with Gasteiger partial charge in [-0.3, -0.25) is 4.98 Å². The van der Waals surface area contributed by atoms with Crippen LogP contribution in [0, 0.1) is 0 Å². The predicted molar refractivity (Wildman–Crippen MR) is 67.0 cm³/mol. The van der Waals surface area contributed by atoms with E-state index in [0.717, 1.165) is 12.2 Å². The first-order valence-electron chi connectivity index (χ1n) is 6.08. The molecule has 1 aromatic carbocycles. The summed E-state index contributed by atoms with van der Waals surface area (Å²) in [5, 5.41) is 0. The van der Waals surface area contributed by atoms with Crippen LogP contribution in [-0.2, 0) is 6.42 Å². The van der Waals surface area contributed by atoms with Gasteiger partial charge < -0.3 is 4.74 Å². The Kier molecular flexibility index (Phi) is 2.78. The van der Waals surface area contributed by atoms with Crippen LogP contribution in [0.5, 0.6) is 5.75 Å². The van der Waals surface area contributed by atoms with E-state index in [0.29, 0.717) is 0 Å². The van der Waals surface area contributed by atoms with E-state index in [9.17, 15) is 0 Å². The Morgan fingerprint density at radius 3 is 2.76 bits per heavy atom. The Hall–Kier alpha value is -1.83. The standard InChI is InChI=1S/C15H15NO/c1-2-6-14-12(4-1)5-3-7-15(14)17-13-8-10-16-11-9-13/h1-2,4,6,8-11,15H,3,5,7H2. The lowest BCUT2D eigenvalue weighted by Crippen LogP contribution is -2.15. The van der Waals surface area contributed by atoms with Crippen molar-refractivity contribution in [2.45, 2.75) is 25.4 Å². The Morgan fingerprint density at radius 1 is 1.06 bits per heavy atom. The van der Waals surface area contributed by atoms with Gasteiger partial charge in [-0.1, -0.05) is 24.3 Å². The fourth-order valence-electron chi connectivity index (χ4n) is 2.41. The van der Waals surface area contributed by atoms with Gasteiger partial charge >= 0.3 is 0 Å². The molecule has 1 aromatic heterocycles. The topological polar surface area (TPSA) is 22.1 Å². The highest BCUT2D eigenvalue weighted by atomic mass is 16.5. The molecule has 1 unspecified atom stereocenters. The number of aromatic nitrogens is 1. The summed E-state index contributed by atoms with van der Waals surface area (Å²) >= 11 is 0. The molecule has 1 atom stereocenters. The van der Waals surface area contributed by atoms with Crippen molar-refractivity contribution in [2.24, 2.45) is 0 Å². The summed E-state index contributed by atoms with van der Waals surface area (Å²) in [5.41, 5.74) is 2.77. The van der Waals surface area contributed by atoms with Gasteiger partial charge in [-0.25, -0.2) is 0 Å². The molecule has 0 N–H and O–H groups in total. The van der Waals surface area contributed by atoms with Crippen LogP contribution in [0.15, 0.2) is 48.8 Å². The fourth-order valence-corrected chi connectivity index (χ4v) is 2.41. The number of benzene rings is 1. The average Bonchev–Trinajstić information content (AvgIpc) is 2.40. The van der Waals surface area contributed by atoms with Gasteiger partial charge in [0.05, 0.1) is 0 Å². The lowest BCUT2D eigenvalue weighted by atomic mass is 9.89. The van der Waals surface area contributed by atoms with Crippen molar-refractivity contribution in [3.8, 4) is 5.75 Å². The maximum Gasteiger partial charge on any atom is 0.124 e. The fraction of sp³-hybridized carbons (Fsp3) is 0.267. The molecular formula is C15H15NO. The molecule has 0 spiro atoms. The van der Waals surface area contributed by atoms with Crippen LogP contribution in [-0.4, -0.2) is 4.98 Å². The zero-order valence-electron chi connectivity index (χ0n) is 9.67. The number of aryl methyl sites for hydroxylation is 1. The third-order valence-corrected chi connectivity index (χ3v) is 3.24. The van der Waals surface area contributed by atoms with Crippen molar-refractivity contribution in [3.05, 3.63) is 59.9 Å². The molecule has 1 aliphatic rings. The number of hydrogen-bond acceptors (Lipinski definition) is 2. The second-order valence-electron chi connectivity index (χ2n) is 4.38. The molecule has 86 valence electrons. The van der Waals surface area contributed by atoms with Crippen molar-refractivity contribution in [3.63, 3.8) is 0 Å². The van der Waals surface area contributed by atoms with Crippen LogP contribution in [0.3, 0.4) is 0 Å². The zero-order chi connectivity index (χ0) is 11.5. The van der Waals surface area contributed by atoms with Gasteiger partial charge in [-0.2, -0.15) is 0 Å². The first-order chi connectivity index (χ1) is 8.43. The van der Waals surface area contributed by atoms with Gasteiger partial charge in [0.15, 0.2) is 0 Å². The Bertz CT molecular complexity index is 495. The molecule has 2 heteroatoms. The predicted octanol–water partition coefficient (Wildman–Crippen LogP) is 3.54. The van der Waals surface area contributed by atoms with Gasteiger partial charge in [0, 0.05) is 12.4 Å². The van der Waals surface area contributed by atoms with Crippen LogP contribution >= 0.6 is 0 Å². The average molecular weight is 225 g/mol. The molecule has 1 aliphatic carbocycles. The molecule has 0 aliphatic heterocycles. The molecule has 0 saturated carbocycles. The second kappa shape index (κ2) is 4.58. The van der Waals surface area contributed by atoms with Crippen LogP contribution in [0.1, 0.15) is 30.1 Å². The highest BCUT2D eigenvalue weighted by molar-refractivity contribution is 5.32. The van der Waals surface area contributed by atoms with E-state index in [-0.39, 0.29) is 6.10 Å². The smallest absolute Gasteiger partial charge is 0.124 e. The van der Waals surface area contributed by atoms with Crippen molar-refractivity contribution in [2.75, 3.05) is 0 Å². The summed E-state index contributed by atoms with van der Waals surface area (Å²) < 4.78 is 6.04. The first kappa shape index (κ1) is 10.3. The van der Waals surface area contributed by atoms with Gasteiger partial charge in [-0.05, 0) is 42.5 Å². The van der Waals surface area contributed by atoms with E-state index in [1.54, 1.807) is 12.4 Å². The molecule has 0 amide bonds. The summed E-state index contributed by atoms with van der Waals surface area (Å²) in [6, 6.07) is 12.4. The molecule has 2 aromatic rings. The van der Waals surface area contributed by atoms with Crippen LogP contribution in [0.25, 0.3) is 0 Å². The quantitative estimate of drug-likeness (QED) is 0.780. The maximum atomic E-state index is 6.04. The number of hydrogen-bond donors (Lipinski definition) is 0. The van der Waals surface area contributed by atoms with Gasteiger partial charge in [0.2, 0.25) is 0 Å². The number of pyridine rings is 1. The first-order valence-corrected chi connectivity index (χ1v) is 6.08. The van der Waals surface area contributed by atoms with E-state index < -0.39 is 0 Å². The minimum atomic E-state index is 0.197. The molecule has 0 radical (unpaired) electrons. The summed E-state index contributed by atoms with van der Waals surface area (Å²) in [6.07, 6.45) is 7.20. The molecular weight excluding hydrogens is 210 g/mol. The zero-order valence-corrected chi connectivity index (χ0v) is 9.67. The van der Waals surface area contributed by atoms with Crippen LogP contribution in [0.4, 0.5) is 0 Å². The van der Waals surface area contributed by atoms with Crippen LogP contribution < -0.4 is 4.74 Å². The number of nitrogens with zero attached hydrogens (tertiary/aromatic N) is 1. The van der Waals surface area contributed by atoms with Gasteiger partial charge in [0.1, 0.15) is 11.9 Å². The van der Waals surface area contributed by atoms with Crippen molar-refractivity contribution in [1.29, 1.82) is 0 Å². The Labute approximate surface area is 101 Å².